The van der Waals surface area contributed by atoms with E-state index in [0.29, 0.717) is 36.5 Å². The number of fused-ring (bicyclic) bond motifs is 1. The van der Waals surface area contributed by atoms with E-state index in [1.807, 2.05) is 31.5 Å². The van der Waals surface area contributed by atoms with E-state index in [2.05, 4.69) is 0 Å². The second-order valence-electron chi connectivity index (χ2n) is 6.59. The van der Waals surface area contributed by atoms with Crippen LogP contribution in [0.2, 0.25) is 0 Å². The number of amides is 2. The average molecular weight is 357 g/mol. The summed E-state index contributed by atoms with van der Waals surface area (Å²) in [6.07, 6.45) is 0.617. The predicted molar refractivity (Wildman–Crippen MR) is 95.6 cm³/mol. The van der Waals surface area contributed by atoms with Crippen molar-refractivity contribution in [2.75, 3.05) is 13.7 Å². The van der Waals surface area contributed by atoms with Gasteiger partial charge >= 0.3 is 0 Å². The van der Waals surface area contributed by atoms with Crippen LogP contribution >= 0.6 is 0 Å². The minimum absolute atomic E-state index is 0.0198. The summed E-state index contributed by atoms with van der Waals surface area (Å²) in [5.74, 6) is -0.0641. The molecule has 0 bridgehead atoms. The van der Waals surface area contributed by atoms with Crippen LogP contribution in [0.4, 0.5) is 0 Å². The quantitative estimate of drug-likeness (QED) is 0.650. The van der Waals surface area contributed by atoms with Crippen molar-refractivity contribution < 1.29 is 19.5 Å². The molecule has 2 amide bonds. The molecule has 1 aromatic heterocycles. The highest BCUT2D eigenvalue weighted by molar-refractivity contribution is 5.95. The summed E-state index contributed by atoms with van der Waals surface area (Å²) in [6.45, 7) is 4.97. The van der Waals surface area contributed by atoms with E-state index in [1.165, 1.54) is 7.11 Å². The summed E-state index contributed by atoms with van der Waals surface area (Å²) in [7, 11) is 3.43. The lowest BCUT2D eigenvalue weighted by atomic mass is 9.95. The van der Waals surface area contributed by atoms with Crippen molar-refractivity contribution in [1.82, 2.24) is 14.9 Å². The van der Waals surface area contributed by atoms with Gasteiger partial charge in [0, 0.05) is 37.0 Å². The van der Waals surface area contributed by atoms with Gasteiger partial charge in [-0.15, -0.1) is 0 Å². The number of carbonyl (C=O) groups excluding carboxylic acids is 2. The SMILES string of the molecule is COc1cc(C(=O)NO)cc2c1CN(C(=O)c1cc(C)c(C)n1C)CC2. The zero-order valence-corrected chi connectivity index (χ0v) is 15.4. The van der Waals surface area contributed by atoms with Crippen molar-refractivity contribution in [1.29, 1.82) is 0 Å². The molecule has 26 heavy (non-hydrogen) atoms. The first-order valence-electron chi connectivity index (χ1n) is 8.43. The van der Waals surface area contributed by atoms with Gasteiger partial charge in [-0.25, -0.2) is 5.48 Å². The minimum atomic E-state index is -0.584. The van der Waals surface area contributed by atoms with Crippen LogP contribution in [0.1, 0.15) is 43.2 Å². The van der Waals surface area contributed by atoms with E-state index in [1.54, 1.807) is 22.5 Å². The third-order valence-corrected chi connectivity index (χ3v) is 5.18. The molecule has 0 spiro atoms. The Morgan fingerprint density at radius 3 is 2.54 bits per heavy atom. The van der Waals surface area contributed by atoms with Crippen molar-refractivity contribution >= 4 is 11.8 Å². The Morgan fingerprint density at radius 1 is 1.23 bits per heavy atom. The summed E-state index contributed by atoms with van der Waals surface area (Å²) >= 11 is 0. The molecular weight excluding hydrogens is 334 g/mol. The van der Waals surface area contributed by atoms with Gasteiger partial charge in [0.1, 0.15) is 11.4 Å². The normalized spacial score (nSPS) is 13.3. The maximum absolute atomic E-state index is 13.0. The molecule has 1 aliphatic rings. The average Bonchev–Trinajstić information content (AvgIpc) is 2.92. The molecule has 0 saturated carbocycles. The molecule has 2 aromatic rings. The highest BCUT2D eigenvalue weighted by Crippen LogP contribution is 2.31. The molecule has 0 saturated heterocycles. The Hall–Kier alpha value is -2.80. The standard InChI is InChI=1S/C19H23N3O4/c1-11-7-16(21(3)12(11)2)19(24)22-6-5-13-8-14(18(23)20-25)9-17(26-4)15(13)10-22/h7-9,25H,5-6,10H2,1-4H3,(H,20,23). The third-order valence-electron chi connectivity index (χ3n) is 5.18. The number of nitrogens with zero attached hydrogens (tertiary/aromatic N) is 2. The molecule has 2 heterocycles. The van der Waals surface area contributed by atoms with Crippen LogP contribution in [0.15, 0.2) is 18.2 Å². The number of hydrogen-bond donors (Lipinski definition) is 2. The van der Waals surface area contributed by atoms with E-state index >= 15 is 0 Å². The number of rotatable bonds is 3. The number of ether oxygens (including phenoxy) is 1. The van der Waals surface area contributed by atoms with Gasteiger partial charge in [0.2, 0.25) is 0 Å². The van der Waals surface area contributed by atoms with E-state index in [4.69, 9.17) is 9.94 Å². The molecule has 1 aliphatic heterocycles. The monoisotopic (exact) mass is 357 g/mol. The predicted octanol–water partition coefficient (Wildman–Crippen LogP) is 1.97. The fourth-order valence-electron chi connectivity index (χ4n) is 3.40. The van der Waals surface area contributed by atoms with Crippen LogP contribution in [-0.4, -0.2) is 40.1 Å². The lowest BCUT2D eigenvalue weighted by Gasteiger charge is -2.30. The Kier molecular flexibility index (Phi) is 4.73. The number of carbonyl (C=O) groups is 2. The number of hydrogen-bond acceptors (Lipinski definition) is 4. The first-order chi connectivity index (χ1) is 12.4. The molecule has 0 atom stereocenters. The van der Waals surface area contributed by atoms with Crippen LogP contribution in [0.5, 0.6) is 5.75 Å². The number of aromatic nitrogens is 1. The Labute approximate surface area is 152 Å². The van der Waals surface area contributed by atoms with Gasteiger partial charge in [-0.1, -0.05) is 0 Å². The van der Waals surface area contributed by atoms with Crippen LogP contribution in [0.25, 0.3) is 0 Å². The maximum Gasteiger partial charge on any atom is 0.274 e. The van der Waals surface area contributed by atoms with Crippen LogP contribution in [-0.2, 0) is 20.0 Å². The number of aryl methyl sites for hydroxylation is 1. The topological polar surface area (TPSA) is 83.8 Å². The molecule has 0 unspecified atom stereocenters. The molecule has 3 rings (SSSR count). The Balaban J connectivity index is 1.93. The summed E-state index contributed by atoms with van der Waals surface area (Å²) in [6, 6.07) is 5.23. The summed E-state index contributed by atoms with van der Waals surface area (Å²) in [5, 5.41) is 8.85. The molecule has 0 radical (unpaired) electrons. The number of methoxy groups -OCH3 is 1. The van der Waals surface area contributed by atoms with E-state index in [-0.39, 0.29) is 5.91 Å². The van der Waals surface area contributed by atoms with E-state index in [0.717, 1.165) is 22.4 Å². The van der Waals surface area contributed by atoms with Crippen LogP contribution in [0.3, 0.4) is 0 Å². The number of hydroxylamine groups is 1. The molecule has 2 N–H and O–H groups in total. The fraction of sp³-hybridized carbons (Fsp3) is 0.368. The molecule has 7 heteroatoms. The second kappa shape index (κ2) is 6.84. The summed E-state index contributed by atoms with van der Waals surface area (Å²) in [4.78, 5) is 26.5. The molecule has 138 valence electrons. The molecule has 1 aromatic carbocycles. The molecular formula is C19H23N3O4. The van der Waals surface area contributed by atoms with Crippen molar-refractivity contribution in [2.45, 2.75) is 26.8 Å². The maximum atomic E-state index is 13.0. The van der Waals surface area contributed by atoms with Gasteiger partial charge in [0.25, 0.3) is 11.8 Å². The van der Waals surface area contributed by atoms with Crippen molar-refractivity contribution in [3.05, 3.63) is 51.8 Å². The third kappa shape index (κ3) is 2.94. The van der Waals surface area contributed by atoms with Gasteiger partial charge in [-0.2, -0.15) is 0 Å². The molecule has 0 aliphatic carbocycles. The van der Waals surface area contributed by atoms with E-state index in [9.17, 15) is 9.59 Å². The number of benzene rings is 1. The minimum Gasteiger partial charge on any atom is -0.496 e. The zero-order valence-electron chi connectivity index (χ0n) is 15.4. The smallest absolute Gasteiger partial charge is 0.274 e. The number of nitrogens with one attached hydrogen (secondary N) is 1. The Bertz CT molecular complexity index is 868. The highest BCUT2D eigenvalue weighted by atomic mass is 16.5. The van der Waals surface area contributed by atoms with Crippen LogP contribution < -0.4 is 10.2 Å². The second-order valence-corrected chi connectivity index (χ2v) is 6.59. The largest absolute Gasteiger partial charge is 0.496 e. The van der Waals surface area contributed by atoms with Gasteiger partial charge in [0.15, 0.2) is 0 Å². The molecule has 0 fully saturated rings. The highest BCUT2D eigenvalue weighted by Gasteiger charge is 2.27. The first kappa shape index (κ1) is 18.0. The van der Waals surface area contributed by atoms with Gasteiger partial charge in [-0.05, 0) is 49.6 Å². The van der Waals surface area contributed by atoms with Gasteiger partial charge in [-0.3, -0.25) is 14.8 Å². The van der Waals surface area contributed by atoms with Crippen LogP contribution in [0, 0.1) is 13.8 Å². The summed E-state index contributed by atoms with van der Waals surface area (Å²) in [5.41, 5.74) is 6.64. The zero-order chi connectivity index (χ0) is 19.0. The lowest BCUT2D eigenvalue weighted by Crippen LogP contribution is -2.37. The van der Waals surface area contributed by atoms with Gasteiger partial charge in [0.05, 0.1) is 7.11 Å². The molecule has 7 nitrogen and oxygen atoms in total. The van der Waals surface area contributed by atoms with E-state index < -0.39 is 5.91 Å². The summed E-state index contributed by atoms with van der Waals surface area (Å²) < 4.78 is 7.34. The first-order valence-corrected chi connectivity index (χ1v) is 8.43. The van der Waals surface area contributed by atoms with Crippen molar-refractivity contribution in [3.8, 4) is 5.75 Å². The van der Waals surface area contributed by atoms with Gasteiger partial charge < -0.3 is 14.2 Å². The van der Waals surface area contributed by atoms with Crippen molar-refractivity contribution in [2.24, 2.45) is 7.05 Å². The fourth-order valence-corrected chi connectivity index (χ4v) is 3.40. The lowest BCUT2D eigenvalue weighted by molar-refractivity contribution is 0.0700. The van der Waals surface area contributed by atoms with Crippen molar-refractivity contribution in [3.63, 3.8) is 0 Å². The Morgan fingerprint density at radius 2 is 1.96 bits per heavy atom.